The SMILES string of the molecule is CCN(Cc1cccc(N)c1)CC1CC1. The van der Waals surface area contributed by atoms with Crippen molar-refractivity contribution in [2.45, 2.75) is 26.3 Å². The van der Waals surface area contributed by atoms with E-state index in [1.165, 1.54) is 24.9 Å². The fourth-order valence-corrected chi connectivity index (χ4v) is 1.92. The summed E-state index contributed by atoms with van der Waals surface area (Å²) in [5.74, 6) is 0.964. The summed E-state index contributed by atoms with van der Waals surface area (Å²) in [5, 5.41) is 0. The average molecular weight is 204 g/mol. The summed E-state index contributed by atoms with van der Waals surface area (Å²) in [6, 6.07) is 8.22. The van der Waals surface area contributed by atoms with E-state index >= 15 is 0 Å². The standard InChI is InChI=1S/C13H20N2/c1-2-15(9-11-6-7-11)10-12-4-3-5-13(14)8-12/h3-5,8,11H,2,6-7,9-10,14H2,1H3. The van der Waals surface area contributed by atoms with Crippen LogP contribution in [0.3, 0.4) is 0 Å². The van der Waals surface area contributed by atoms with Crippen molar-refractivity contribution < 1.29 is 0 Å². The van der Waals surface area contributed by atoms with Gasteiger partial charge in [-0.05, 0) is 43.0 Å². The van der Waals surface area contributed by atoms with Crippen molar-refractivity contribution in [2.24, 2.45) is 5.92 Å². The topological polar surface area (TPSA) is 29.3 Å². The van der Waals surface area contributed by atoms with Gasteiger partial charge in [0.25, 0.3) is 0 Å². The van der Waals surface area contributed by atoms with E-state index in [0.717, 1.165) is 24.7 Å². The Morgan fingerprint density at radius 2 is 2.20 bits per heavy atom. The largest absolute Gasteiger partial charge is 0.399 e. The summed E-state index contributed by atoms with van der Waals surface area (Å²) in [6.45, 7) is 5.66. The monoisotopic (exact) mass is 204 g/mol. The molecule has 0 heterocycles. The van der Waals surface area contributed by atoms with Crippen LogP contribution in [0, 0.1) is 5.92 Å². The molecule has 0 aromatic heterocycles. The van der Waals surface area contributed by atoms with Gasteiger partial charge in [-0.25, -0.2) is 0 Å². The van der Waals surface area contributed by atoms with Gasteiger partial charge in [-0.15, -0.1) is 0 Å². The van der Waals surface area contributed by atoms with Crippen molar-refractivity contribution >= 4 is 5.69 Å². The highest BCUT2D eigenvalue weighted by Gasteiger charge is 2.23. The van der Waals surface area contributed by atoms with Crippen LogP contribution in [0.1, 0.15) is 25.3 Å². The first kappa shape index (κ1) is 10.5. The van der Waals surface area contributed by atoms with Crippen molar-refractivity contribution in [3.05, 3.63) is 29.8 Å². The summed E-state index contributed by atoms with van der Waals surface area (Å²) in [6.07, 6.45) is 2.85. The average Bonchev–Trinajstić information content (AvgIpc) is 3.01. The predicted octanol–water partition coefficient (Wildman–Crippen LogP) is 2.50. The molecule has 0 saturated heterocycles. The minimum Gasteiger partial charge on any atom is -0.399 e. The molecule has 0 amide bonds. The third-order valence-corrected chi connectivity index (χ3v) is 3.02. The predicted molar refractivity (Wildman–Crippen MR) is 64.5 cm³/mol. The molecule has 2 rings (SSSR count). The van der Waals surface area contributed by atoms with E-state index in [-0.39, 0.29) is 0 Å². The van der Waals surface area contributed by atoms with Crippen LogP contribution in [0.15, 0.2) is 24.3 Å². The fraction of sp³-hybridized carbons (Fsp3) is 0.538. The highest BCUT2D eigenvalue weighted by atomic mass is 15.1. The number of hydrogen-bond donors (Lipinski definition) is 1. The fourth-order valence-electron chi connectivity index (χ4n) is 1.92. The van der Waals surface area contributed by atoms with Crippen LogP contribution in [-0.4, -0.2) is 18.0 Å². The van der Waals surface area contributed by atoms with E-state index in [9.17, 15) is 0 Å². The molecule has 0 aliphatic heterocycles. The molecule has 1 aliphatic rings. The number of nitrogens with two attached hydrogens (primary N) is 1. The number of rotatable bonds is 5. The Hall–Kier alpha value is -1.02. The summed E-state index contributed by atoms with van der Waals surface area (Å²) in [7, 11) is 0. The van der Waals surface area contributed by atoms with Gasteiger partial charge in [0, 0.05) is 18.8 Å². The van der Waals surface area contributed by atoms with E-state index < -0.39 is 0 Å². The first-order valence-electron chi connectivity index (χ1n) is 5.84. The Morgan fingerprint density at radius 3 is 2.80 bits per heavy atom. The highest BCUT2D eigenvalue weighted by Crippen LogP contribution is 2.30. The van der Waals surface area contributed by atoms with Crippen LogP contribution < -0.4 is 5.73 Å². The lowest BCUT2D eigenvalue weighted by molar-refractivity contribution is 0.268. The maximum absolute atomic E-state index is 5.77. The lowest BCUT2D eigenvalue weighted by Crippen LogP contribution is -2.25. The number of nitrogen functional groups attached to an aromatic ring is 1. The van der Waals surface area contributed by atoms with Gasteiger partial charge in [-0.2, -0.15) is 0 Å². The maximum Gasteiger partial charge on any atom is 0.0317 e. The van der Waals surface area contributed by atoms with Crippen LogP contribution >= 0.6 is 0 Å². The van der Waals surface area contributed by atoms with E-state index in [4.69, 9.17) is 5.73 Å². The van der Waals surface area contributed by atoms with E-state index in [1.54, 1.807) is 0 Å². The molecule has 1 aliphatic carbocycles. The molecule has 2 heteroatoms. The summed E-state index contributed by atoms with van der Waals surface area (Å²) >= 11 is 0. The van der Waals surface area contributed by atoms with Crippen molar-refractivity contribution in [1.82, 2.24) is 4.90 Å². The molecule has 0 atom stereocenters. The number of benzene rings is 1. The zero-order valence-electron chi connectivity index (χ0n) is 9.45. The Balaban J connectivity index is 1.92. The van der Waals surface area contributed by atoms with Crippen molar-refractivity contribution in [1.29, 1.82) is 0 Å². The highest BCUT2D eigenvalue weighted by molar-refractivity contribution is 5.40. The van der Waals surface area contributed by atoms with Gasteiger partial charge in [-0.1, -0.05) is 19.1 Å². The lowest BCUT2D eigenvalue weighted by atomic mass is 10.2. The summed E-state index contributed by atoms with van der Waals surface area (Å²) in [5.41, 5.74) is 7.97. The number of nitrogens with zero attached hydrogens (tertiary/aromatic N) is 1. The molecule has 2 N–H and O–H groups in total. The van der Waals surface area contributed by atoms with Crippen LogP contribution in [0.2, 0.25) is 0 Å². The minimum absolute atomic E-state index is 0.870. The Kier molecular flexibility index (Phi) is 3.27. The molecule has 1 fully saturated rings. The second kappa shape index (κ2) is 4.67. The van der Waals surface area contributed by atoms with Crippen molar-refractivity contribution in [2.75, 3.05) is 18.8 Å². The molecular weight excluding hydrogens is 184 g/mol. The first-order chi connectivity index (χ1) is 7.28. The molecular formula is C13H20N2. The molecule has 1 saturated carbocycles. The maximum atomic E-state index is 5.77. The normalized spacial score (nSPS) is 15.9. The quantitative estimate of drug-likeness (QED) is 0.747. The Labute approximate surface area is 92.1 Å². The van der Waals surface area contributed by atoms with E-state index in [1.807, 2.05) is 12.1 Å². The van der Waals surface area contributed by atoms with Gasteiger partial charge < -0.3 is 5.73 Å². The molecule has 15 heavy (non-hydrogen) atoms. The van der Waals surface area contributed by atoms with Crippen LogP contribution in [0.4, 0.5) is 5.69 Å². The smallest absolute Gasteiger partial charge is 0.0317 e. The molecule has 0 spiro atoms. The molecule has 1 aromatic rings. The van der Waals surface area contributed by atoms with Crippen molar-refractivity contribution in [3.8, 4) is 0 Å². The molecule has 2 nitrogen and oxygen atoms in total. The van der Waals surface area contributed by atoms with Crippen molar-refractivity contribution in [3.63, 3.8) is 0 Å². The lowest BCUT2D eigenvalue weighted by Gasteiger charge is -2.20. The number of hydrogen-bond acceptors (Lipinski definition) is 2. The third-order valence-electron chi connectivity index (χ3n) is 3.02. The zero-order chi connectivity index (χ0) is 10.7. The van der Waals surface area contributed by atoms with E-state index in [0.29, 0.717) is 0 Å². The van der Waals surface area contributed by atoms with E-state index in [2.05, 4.69) is 24.0 Å². The van der Waals surface area contributed by atoms with Gasteiger partial charge >= 0.3 is 0 Å². The van der Waals surface area contributed by atoms with Crippen LogP contribution in [0.25, 0.3) is 0 Å². The van der Waals surface area contributed by atoms with Gasteiger partial charge in [-0.3, -0.25) is 4.90 Å². The van der Waals surface area contributed by atoms with Gasteiger partial charge in [0.15, 0.2) is 0 Å². The van der Waals surface area contributed by atoms with Crippen LogP contribution in [-0.2, 0) is 6.54 Å². The third kappa shape index (κ3) is 3.24. The van der Waals surface area contributed by atoms with Crippen LogP contribution in [0.5, 0.6) is 0 Å². The molecule has 0 radical (unpaired) electrons. The minimum atomic E-state index is 0.870. The Bertz CT molecular complexity index is 318. The second-order valence-electron chi connectivity index (χ2n) is 4.52. The van der Waals surface area contributed by atoms with Gasteiger partial charge in [0.05, 0.1) is 0 Å². The molecule has 1 aromatic carbocycles. The Morgan fingerprint density at radius 1 is 1.40 bits per heavy atom. The summed E-state index contributed by atoms with van der Waals surface area (Å²) in [4.78, 5) is 2.51. The van der Waals surface area contributed by atoms with Gasteiger partial charge in [0.1, 0.15) is 0 Å². The molecule has 82 valence electrons. The molecule has 0 unspecified atom stereocenters. The van der Waals surface area contributed by atoms with Gasteiger partial charge in [0.2, 0.25) is 0 Å². The zero-order valence-corrected chi connectivity index (χ0v) is 9.45. The molecule has 0 bridgehead atoms. The number of anilines is 1. The first-order valence-corrected chi connectivity index (χ1v) is 5.84. The summed E-state index contributed by atoms with van der Waals surface area (Å²) < 4.78 is 0. The second-order valence-corrected chi connectivity index (χ2v) is 4.52.